The zero-order valence-electron chi connectivity index (χ0n) is 16.6. The van der Waals surface area contributed by atoms with Gasteiger partial charge >= 0.3 is 0 Å². The van der Waals surface area contributed by atoms with Gasteiger partial charge in [0.25, 0.3) is 5.95 Å². The van der Waals surface area contributed by atoms with Gasteiger partial charge in [-0.2, -0.15) is 5.10 Å². The summed E-state index contributed by atoms with van der Waals surface area (Å²) >= 11 is 1.24. The van der Waals surface area contributed by atoms with Crippen LogP contribution in [0.25, 0.3) is 5.95 Å². The molecule has 3 N–H and O–H groups in total. The van der Waals surface area contributed by atoms with Gasteiger partial charge in [-0.15, -0.1) is 10.2 Å². The molecule has 30 heavy (non-hydrogen) atoms. The maximum atomic E-state index is 13.1. The second kappa shape index (κ2) is 8.42. The predicted octanol–water partition coefficient (Wildman–Crippen LogP) is 3.27. The minimum atomic E-state index is -0.564. The third-order valence-electron chi connectivity index (χ3n) is 4.45. The molecular formula is C21H21N7OS. The Morgan fingerprint density at radius 2 is 1.70 bits per heavy atom. The van der Waals surface area contributed by atoms with Crippen molar-refractivity contribution in [2.75, 3.05) is 11.2 Å². The number of carbonyl (C=O) groups excluding carboxylic acids is 1. The Bertz CT molecular complexity index is 1150. The molecule has 9 heteroatoms. The summed E-state index contributed by atoms with van der Waals surface area (Å²) in [4.78, 5) is 13.1. The molecule has 1 unspecified atom stereocenters. The second-order valence-electron chi connectivity index (χ2n) is 6.76. The van der Waals surface area contributed by atoms with Crippen LogP contribution in [0.3, 0.4) is 0 Å². The molecule has 0 saturated heterocycles. The number of anilines is 1. The molecule has 0 aliphatic rings. The second-order valence-corrected chi connectivity index (χ2v) is 7.83. The molecule has 0 aliphatic heterocycles. The number of nitrogen functional groups attached to an aromatic ring is 1. The summed E-state index contributed by atoms with van der Waals surface area (Å²) in [6, 6.07) is 20.8. The molecule has 0 bridgehead atoms. The molecule has 2 aromatic heterocycles. The van der Waals surface area contributed by atoms with E-state index in [0.717, 1.165) is 22.6 Å². The van der Waals surface area contributed by atoms with Crippen LogP contribution in [0, 0.1) is 13.8 Å². The van der Waals surface area contributed by atoms with Crippen LogP contribution in [-0.4, -0.2) is 30.6 Å². The van der Waals surface area contributed by atoms with Gasteiger partial charge in [-0.25, -0.2) is 9.36 Å². The smallest absolute Gasteiger partial charge is 0.271 e. The van der Waals surface area contributed by atoms with Crippen molar-refractivity contribution in [1.82, 2.24) is 24.7 Å². The van der Waals surface area contributed by atoms with E-state index in [4.69, 9.17) is 5.84 Å². The number of thioether (sulfide) groups is 1. The van der Waals surface area contributed by atoms with Crippen molar-refractivity contribution < 1.29 is 4.79 Å². The van der Waals surface area contributed by atoms with E-state index >= 15 is 0 Å². The largest absolute Gasteiger partial charge is 0.334 e. The lowest BCUT2D eigenvalue weighted by Crippen LogP contribution is -2.21. The summed E-state index contributed by atoms with van der Waals surface area (Å²) in [5.41, 5.74) is 3.31. The molecular weight excluding hydrogens is 398 g/mol. The summed E-state index contributed by atoms with van der Waals surface area (Å²) in [7, 11) is 0. The number of hydrogen-bond donors (Lipinski definition) is 2. The summed E-state index contributed by atoms with van der Waals surface area (Å²) in [5, 5.41) is 15.6. The van der Waals surface area contributed by atoms with Crippen LogP contribution in [0.15, 0.2) is 71.9 Å². The molecule has 0 saturated carbocycles. The van der Waals surface area contributed by atoms with E-state index < -0.39 is 5.25 Å². The number of carbonyl (C=O) groups is 1. The van der Waals surface area contributed by atoms with Crippen molar-refractivity contribution in [1.29, 1.82) is 0 Å². The van der Waals surface area contributed by atoms with Crippen LogP contribution in [0.2, 0.25) is 0 Å². The first-order valence-corrected chi connectivity index (χ1v) is 10.2. The van der Waals surface area contributed by atoms with Gasteiger partial charge in [-0.1, -0.05) is 60.3 Å². The fourth-order valence-corrected chi connectivity index (χ4v) is 4.01. The first-order chi connectivity index (χ1) is 14.5. The number of rotatable bonds is 6. The number of nitrogens with one attached hydrogen (secondary N) is 1. The maximum Gasteiger partial charge on any atom is 0.271 e. The van der Waals surface area contributed by atoms with Gasteiger partial charge in [-0.3, -0.25) is 4.79 Å². The van der Waals surface area contributed by atoms with Gasteiger partial charge in [0.15, 0.2) is 0 Å². The van der Waals surface area contributed by atoms with Crippen molar-refractivity contribution in [3.05, 3.63) is 83.7 Å². The van der Waals surface area contributed by atoms with E-state index in [1.807, 2.05) is 80.6 Å². The number of nitrogens with two attached hydrogens (primary N) is 1. The molecule has 1 atom stereocenters. The quantitative estimate of drug-likeness (QED) is 0.367. The summed E-state index contributed by atoms with van der Waals surface area (Å²) in [6.45, 7) is 3.82. The molecule has 0 fully saturated rings. The van der Waals surface area contributed by atoms with Crippen molar-refractivity contribution in [2.45, 2.75) is 24.3 Å². The maximum absolute atomic E-state index is 13.1. The van der Waals surface area contributed by atoms with Crippen molar-refractivity contribution in [2.24, 2.45) is 0 Å². The molecule has 0 aliphatic carbocycles. The van der Waals surface area contributed by atoms with E-state index in [-0.39, 0.29) is 5.91 Å². The highest BCUT2D eigenvalue weighted by Gasteiger charge is 2.26. The number of hydrogen-bond acceptors (Lipinski definition) is 6. The third kappa shape index (κ3) is 4.06. The summed E-state index contributed by atoms with van der Waals surface area (Å²) in [6.07, 6.45) is 0. The number of aryl methyl sites for hydroxylation is 2. The average Bonchev–Trinajstić information content (AvgIpc) is 3.28. The van der Waals surface area contributed by atoms with E-state index in [1.54, 1.807) is 4.68 Å². The minimum absolute atomic E-state index is 0.173. The number of nitrogens with zero attached hydrogens (tertiary/aromatic N) is 5. The van der Waals surface area contributed by atoms with E-state index in [1.165, 1.54) is 16.4 Å². The van der Waals surface area contributed by atoms with Gasteiger partial charge in [-0.05, 0) is 37.6 Å². The minimum Gasteiger partial charge on any atom is -0.334 e. The standard InChI is InChI=1S/C21H21N7OS/c1-14-13-15(2)28(26-14)20-24-25-21(27(20)22)30-18(16-9-5-3-6-10-16)19(29)23-17-11-7-4-8-12-17/h3-13,18H,22H2,1-2H3,(H,23,29). The molecule has 4 aromatic rings. The number of aromatic nitrogens is 5. The van der Waals surface area contributed by atoms with Crippen LogP contribution >= 0.6 is 11.8 Å². The third-order valence-corrected chi connectivity index (χ3v) is 5.66. The Morgan fingerprint density at radius 3 is 2.33 bits per heavy atom. The van der Waals surface area contributed by atoms with Gasteiger partial charge in [0, 0.05) is 11.4 Å². The number of para-hydroxylation sites is 1. The zero-order valence-corrected chi connectivity index (χ0v) is 17.4. The molecule has 152 valence electrons. The fraction of sp³-hybridized carbons (Fsp3) is 0.143. The normalized spacial score (nSPS) is 11.9. The first-order valence-electron chi connectivity index (χ1n) is 9.34. The molecule has 0 radical (unpaired) electrons. The van der Waals surface area contributed by atoms with Crippen molar-refractivity contribution in [3.8, 4) is 5.95 Å². The molecule has 8 nitrogen and oxygen atoms in total. The molecule has 0 spiro atoms. The Kier molecular flexibility index (Phi) is 5.53. The topological polar surface area (TPSA) is 104 Å². The highest BCUT2D eigenvalue weighted by atomic mass is 32.2. The molecule has 2 aromatic carbocycles. The van der Waals surface area contributed by atoms with Gasteiger partial charge in [0.05, 0.1) is 5.69 Å². The van der Waals surface area contributed by atoms with Crippen LogP contribution in [0.1, 0.15) is 22.2 Å². The highest BCUT2D eigenvalue weighted by molar-refractivity contribution is 8.00. The lowest BCUT2D eigenvalue weighted by Gasteiger charge is -2.16. The first kappa shape index (κ1) is 19.7. The molecule has 1 amide bonds. The van der Waals surface area contributed by atoms with Gasteiger partial charge < -0.3 is 11.2 Å². The van der Waals surface area contributed by atoms with E-state index in [2.05, 4.69) is 20.6 Å². The average molecular weight is 420 g/mol. The zero-order chi connectivity index (χ0) is 21.1. The molecule has 4 rings (SSSR count). The SMILES string of the molecule is Cc1cc(C)n(-c2nnc(SC(C(=O)Nc3ccccc3)c3ccccc3)n2N)n1. The Hall–Kier alpha value is -3.59. The highest BCUT2D eigenvalue weighted by Crippen LogP contribution is 2.35. The Labute approximate surface area is 178 Å². The number of amides is 1. The molecule has 2 heterocycles. The fourth-order valence-electron chi connectivity index (χ4n) is 3.06. The van der Waals surface area contributed by atoms with Gasteiger partial charge in [0.2, 0.25) is 11.1 Å². The van der Waals surface area contributed by atoms with Crippen molar-refractivity contribution in [3.63, 3.8) is 0 Å². The number of benzene rings is 2. The van der Waals surface area contributed by atoms with E-state index in [9.17, 15) is 4.79 Å². The lowest BCUT2D eigenvalue weighted by molar-refractivity contribution is -0.115. The van der Waals surface area contributed by atoms with Crippen molar-refractivity contribution >= 4 is 23.4 Å². The monoisotopic (exact) mass is 419 g/mol. The Balaban J connectivity index is 1.64. The lowest BCUT2D eigenvalue weighted by atomic mass is 10.1. The van der Waals surface area contributed by atoms with E-state index in [0.29, 0.717) is 11.1 Å². The van der Waals surface area contributed by atoms with Crippen LogP contribution in [-0.2, 0) is 4.79 Å². The summed E-state index contributed by atoms with van der Waals surface area (Å²) < 4.78 is 2.99. The Morgan fingerprint density at radius 1 is 1.03 bits per heavy atom. The van der Waals surface area contributed by atoms with Crippen LogP contribution < -0.4 is 11.2 Å². The van der Waals surface area contributed by atoms with Gasteiger partial charge in [0.1, 0.15) is 5.25 Å². The van der Waals surface area contributed by atoms with Crippen LogP contribution in [0.5, 0.6) is 0 Å². The summed E-state index contributed by atoms with van der Waals surface area (Å²) in [5.74, 6) is 6.49. The van der Waals surface area contributed by atoms with Crippen LogP contribution in [0.4, 0.5) is 5.69 Å². The predicted molar refractivity (Wildman–Crippen MR) is 117 cm³/mol.